The minimum absolute atomic E-state index is 0.222. The van der Waals surface area contributed by atoms with Crippen LogP contribution in [0.1, 0.15) is 31.0 Å². The van der Waals surface area contributed by atoms with E-state index in [1.54, 1.807) is 6.07 Å². The number of hydrogen-bond donors (Lipinski definition) is 2. The van der Waals surface area contributed by atoms with Crippen molar-refractivity contribution in [2.45, 2.75) is 32.4 Å². The molecule has 0 bridgehead atoms. The SMILES string of the molecule is Cc1ccc(F)c(C(NN)C(C)(C)N2CCOCC2)c1. The van der Waals surface area contributed by atoms with E-state index in [1.807, 2.05) is 13.0 Å². The van der Waals surface area contributed by atoms with Gasteiger partial charge >= 0.3 is 0 Å². The molecule has 0 aliphatic carbocycles. The number of hydrogen-bond acceptors (Lipinski definition) is 4. The number of ether oxygens (including phenoxy) is 1. The lowest BCUT2D eigenvalue weighted by Gasteiger charge is -2.45. The second kappa shape index (κ2) is 6.18. The van der Waals surface area contributed by atoms with Gasteiger partial charge in [0, 0.05) is 24.2 Å². The maximum absolute atomic E-state index is 14.2. The molecule has 1 fully saturated rings. The molecule has 1 aliphatic rings. The Bertz CT molecular complexity index is 458. The summed E-state index contributed by atoms with van der Waals surface area (Å²) < 4.78 is 19.6. The lowest BCUT2D eigenvalue weighted by Crippen LogP contribution is -2.57. The van der Waals surface area contributed by atoms with Crippen LogP contribution in [0.2, 0.25) is 0 Å². The van der Waals surface area contributed by atoms with Crippen molar-refractivity contribution >= 4 is 0 Å². The largest absolute Gasteiger partial charge is 0.379 e. The molecule has 4 nitrogen and oxygen atoms in total. The van der Waals surface area contributed by atoms with Gasteiger partial charge in [0.1, 0.15) is 5.82 Å². The average molecular weight is 281 g/mol. The molecule has 5 heteroatoms. The average Bonchev–Trinajstić information content (AvgIpc) is 2.44. The van der Waals surface area contributed by atoms with Gasteiger partial charge in [0.2, 0.25) is 0 Å². The highest BCUT2D eigenvalue weighted by molar-refractivity contribution is 5.29. The van der Waals surface area contributed by atoms with E-state index < -0.39 is 0 Å². The number of hydrazine groups is 1. The number of halogens is 1. The minimum atomic E-state index is -0.298. The molecule has 1 aromatic rings. The lowest BCUT2D eigenvalue weighted by atomic mass is 9.86. The minimum Gasteiger partial charge on any atom is -0.379 e. The molecule has 1 saturated heterocycles. The van der Waals surface area contributed by atoms with Gasteiger partial charge in [-0.15, -0.1) is 0 Å². The fourth-order valence-corrected chi connectivity index (χ4v) is 2.88. The van der Waals surface area contributed by atoms with Crippen molar-refractivity contribution in [3.8, 4) is 0 Å². The molecule has 2 rings (SSSR count). The summed E-state index contributed by atoms with van der Waals surface area (Å²) in [5, 5.41) is 0. The highest BCUT2D eigenvalue weighted by Crippen LogP contribution is 2.32. The first-order chi connectivity index (χ1) is 9.46. The van der Waals surface area contributed by atoms with Crippen LogP contribution in [0.4, 0.5) is 4.39 Å². The lowest BCUT2D eigenvalue weighted by molar-refractivity contribution is -0.0242. The molecule has 1 unspecified atom stereocenters. The summed E-state index contributed by atoms with van der Waals surface area (Å²) in [6.07, 6.45) is 0. The number of nitrogens with zero attached hydrogens (tertiary/aromatic N) is 1. The van der Waals surface area contributed by atoms with Gasteiger partial charge in [-0.25, -0.2) is 4.39 Å². The molecule has 0 amide bonds. The normalized spacial score (nSPS) is 19.1. The zero-order chi connectivity index (χ0) is 14.8. The van der Waals surface area contributed by atoms with Crippen LogP contribution in [0, 0.1) is 12.7 Å². The van der Waals surface area contributed by atoms with Gasteiger partial charge in [-0.05, 0) is 26.8 Å². The summed E-state index contributed by atoms with van der Waals surface area (Å²) >= 11 is 0. The number of nitrogens with two attached hydrogens (primary N) is 1. The quantitative estimate of drug-likeness (QED) is 0.652. The second-order valence-corrected chi connectivity index (χ2v) is 5.88. The van der Waals surface area contributed by atoms with Gasteiger partial charge in [-0.2, -0.15) is 0 Å². The van der Waals surface area contributed by atoms with Gasteiger partial charge in [-0.3, -0.25) is 16.2 Å². The van der Waals surface area contributed by atoms with Gasteiger partial charge in [0.25, 0.3) is 0 Å². The summed E-state index contributed by atoms with van der Waals surface area (Å²) in [5.41, 5.74) is 4.15. The molecule has 0 radical (unpaired) electrons. The monoisotopic (exact) mass is 281 g/mol. The third-order valence-corrected chi connectivity index (χ3v) is 4.16. The van der Waals surface area contributed by atoms with Crippen molar-refractivity contribution in [2.75, 3.05) is 26.3 Å². The molecule has 112 valence electrons. The molecular formula is C15H24FN3O. The third-order valence-electron chi connectivity index (χ3n) is 4.16. The summed E-state index contributed by atoms with van der Waals surface area (Å²) in [6.45, 7) is 9.21. The number of aryl methyl sites for hydroxylation is 1. The molecule has 1 aromatic carbocycles. The molecule has 1 atom stereocenters. The molecule has 1 aliphatic heterocycles. The van der Waals surface area contributed by atoms with E-state index in [0.717, 1.165) is 18.7 Å². The Morgan fingerprint density at radius 2 is 2.00 bits per heavy atom. The van der Waals surface area contributed by atoms with Crippen molar-refractivity contribution in [1.29, 1.82) is 0 Å². The predicted molar refractivity (Wildman–Crippen MR) is 77.7 cm³/mol. The van der Waals surface area contributed by atoms with Gasteiger partial charge in [0.05, 0.1) is 19.3 Å². The summed E-state index contributed by atoms with van der Waals surface area (Å²) in [4.78, 5) is 2.29. The fourth-order valence-electron chi connectivity index (χ4n) is 2.88. The topological polar surface area (TPSA) is 50.5 Å². The van der Waals surface area contributed by atoms with E-state index in [0.29, 0.717) is 18.8 Å². The van der Waals surface area contributed by atoms with Crippen molar-refractivity contribution in [3.63, 3.8) is 0 Å². The van der Waals surface area contributed by atoms with Crippen LogP contribution in [0.25, 0.3) is 0 Å². The van der Waals surface area contributed by atoms with E-state index in [4.69, 9.17) is 10.6 Å². The van der Waals surface area contributed by atoms with E-state index in [2.05, 4.69) is 24.2 Å². The second-order valence-electron chi connectivity index (χ2n) is 5.88. The Hall–Kier alpha value is -1.01. The zero-order valence-corrected chi connectivity index (χ0v) is 12.4. The highest BCUT2D eigenvalue weighted by atomic mass is 19.1. The van der Waals surface area contributed by atoms with Gasteiger partial charge < -0.3 is 4.74 Å². The predicted octanol–water partition coefficient (Wildman–Crippen LogP) is 1.75. The molecule has 1 heterocycles. The smallest absolute Gasteiger partial charge is 0.128 e. The van der Waals surface area contributed by atoms with E-state index in [1.165, 1.54) is 6.07 Å². The van der Waals surface area contributed by atoms with Crippen molar-refractivity contribution in [3.05, 3.63) is 35.1 Å². The van der Waals surface area contributed by atoms with E-state index in [9.17, 15) is 4.39 Å². The molecule has 3 N–H and O–H groups in total. The van der Waals surface area contributed by atoms with Crippen molar-refractivity contribution in [1.82, 2.24) is 10.3 Å². The Kier molecular flexibility index (Phi) is 4.75. The highest BCUT2D eigenvalue weighted by Gasteiger charge is 2.37. The number of benzene rings is 1. The van der Waals surface area contributed by atoms with Gasteiger partial charge in [-0.1, -0.05) is 17.7 Å². The summed E-state index contributed by atoms with van der Waals surface area (Å²) in [7, 11) is 0. The maximum Gasteiger partial charge on any atom is 0.128 e. The van der Waals surface area contributed by atoms with Crippen LogP contribution < -0.4 is 11.3 Å². The van der Waals surface area contributed by atoms with Crippen LogP contribution in [-0.4, -0.2) is 36.7 Å². The standard InChI is InChI=1S/C15H24FN3O/c1-11-4-5-13(16)12(10-11)14(18-17)15(2,3)19-6-8-20-9-7-19/h4-5,10,14,18H,6-9,17H2,1-3H3. The first kappa shape index (κ1) is 15.4. The Labute approximate surface area is 120 Å². The number of morpholine rings is 1. The van der Waals surface area contributed by atoms with Crippen LogP contribution in [0.5, 0.6) is 0 Å². The van der Waals surface area contributed by atoms with Crippen LogP contribution >= 0.6 is 0 Å². The van der Waals surface area contributed by atoms with Gasteiger partial charge in [0.15, 0.2) is 0 Å². The summed E-state index contributed by atoms with van der Waals surface area (Å²) in [6, 6.07) is 4.86. The first-order valence-electron chi connectivity index (χ1n) is 7.02. The number of rotatable bonds is 4. The van der Waals surface area contributed by atoms with Crippen LogP contribution in [0.15, 0.2) is 18.2 Å². The maximum atomic E-state index is 14.2. The first-order valence-corrected chi connectivity index (χ1v) is 7.02. The molecule has 0 spiro atoms. The van der Waals surface area contributed by atoms with Crippen LogP contribution in [0.3, 0.4) is 0 Å². The van der Waals surface area contributed by atoms with E-state index in [-0.39, 0.29) is 17.4 Å². The van der Waals surface area contributed by atoms with Crippen molar-refractivity contribution in [2.24, 2.45) is 5.84 Å². The Morgan fingerprint density at radius 3 is 2.60 bits per heavy atom. The summed E-state index contributed by atoms with van der Waals surface area (Å²) in [5.74, 6) is 5.52. The Balaban J connectivity index is 2.32. The molecular weight excluding hydrogens is 257 g/mol. The number of nitrogens with one attached hydrogen (secondary N) is 1. The fraction of sp³-hybridized carbons (Fsp3) is 0.600. The zero-order valence-electron chi connectivity index (χ0n) is 12.4. The third kappa shape index (κ3) is 3.01. The molecule has 0 saturated carbocycles. The Morgan fingerprint density at radius 1 is 1.35 bits per heavy atom. The van der Waals surface area contributed by atoms with Crippen molar-refractivity contribution < 1.29 is 9.13 Å². The van der Waals surface area contributed by atoms with E-state index >= 15 is 0 Å². The van der Waals surface area contributed by atoms with Crippen LogP contribution in [-0.2, 0) is 4.74 Å². The molecule has 0 aromatic heterocycles. The molecule has 20 heavy (non-hydrogen) atoms.